The number of carbonyl (C=O) groups excluding carboxylic acids is 1. The zero-order chi connectivity index (χ0) is 24.3. The van der Waals surface area contributed by atoms with Crippen LogP contribution in [0.4, 0.5) is 11.4 Å². The van der Waals surface area contributed by atoms with Gasteiger partial charge >= 0.3 is 0 Å². The van der Waals surface area contributed by atoms with Crippen LogP contribution in [0.25, 0.3) is 0 Å². The van der Waals surface area contributed by atoms with Crippen molar-refractivity contribution >= 4 is 50.5 Å². The zero-order valence-electron chi connectivity index (χ0n) is 18.6. The summed E-state index contributed by atoms with van der Waals surface area (Å²) in [5.41, 5.74) is 3.44. The van der Waals surface area contributed by atoms with E-state index in [-0.39, 0.29) is 26.4 Å². The normalized spacial score (nSPS) is 11.2. The molecule has 0 spiro atoms. The molecule has 0 saturated heterocycles. The van der Waals surface area contributed by atoms with E-state index in [1.54, 1.807) is 25.1 Å². The number of hydrogen-bond acceptors (Lipinski definition) is 4. The number of rotatable bonds is 7. The third-order valence-corrected chi connectivity index (χ3v) is 7.78. The van der Waals surface area contributed by atoms with Crippen molar-refractivity contribution in [3.8, 4) is 5.75 Å². The molecule has 6 nitrogen and oxygen atoms in total. The molecule has 0 atom stereocenters. The van der Waals surface area contributed by atoms with E-state index in [0.717, 1.165) is 21.0 Å². The highest BCUT2D eigenvalue weighted by Gasteiger charge is 2.30. The van der Waals surface area contributed by atoms with E-state index in [0.29, 0.717) is 5.69 Å². The number of nitrogens with zero attached hydrogens (tertiary/aromatic N) is 1. The summed E-state index contributed by atoms with van der Waals surface area (Å²) in [5.74, 6) is -0.342. The summed E-state index contributed by atoms with van der Waals surface area (Å²) in [6, 6.07) is 14.7. The van der Waals surface area contributed by atoms with Gasteiger partial charge in [-0.25, -0.2) is 8.42 Å². The lowest BCUT2D eigenvalue weighted by Crippen LogP contribution is -2.38. The minimum atomic E-state index is -4.21. The van der Waals surface area contributed by atoms with Crippen LogP contribution in [0.2, 0.25) is 10.0 Å². The van der Waals surface area contributed by atoms with Crippen molar-refractivity contribution in [1.82, 2.24) is 0 Å². The quantitative estimate of drug-likeness (QED) is 0.441. The summed E-state index contributed by atoms with van der Waals surface area (Å²) in [7, 11) is -2.82. The van der Waals surface area contributed by atoms with Crippen molar-refractivity contribution in [3.63, 3.8) is 0 Å². The summed E-state index contributed by atoms with van der Waals surface area (Å²) in [6.45, 7) is 5.11. The number of carbonyl (C=O) groups is 1. The van der Waals surface area contributed by atoms with Crippen LogP contribution < -0.4 is 14.4 Å². The molecule has 0 aliphatic rings. The maximum Gasteiger partial charge on any atom is 0.268 e. The molecule has 1 N–H and O–H groups in total. The molecule has 0 bridgehead atoms. The molecule has 0 radical (unpaired) electrons. The second-order valence-electron chi connectivity index (χ2n) is 7.56. The molecule has 0 aromatic heterocycles. The number of halogens is 2. The molecule has 0 aliphatic heterocycles. The molecule has 3 rings (SSSR count). The van der Waals surface area contributed by atoms with E-state index in [1.807, 2.05) is 26.0 Å². The van der Waals surface area contributed by atoms with Crippen LogP contribution in [0, 0.1) is 20.8 Å². The van der Waals surface area contributed by atoms with Crippen molar-refractivity contribution in [3.05, 3.63) is 81.3 Å². The van der Waals surface area contributed by atoms with E-state index < -0.39 is 22.5 Å². The van der Waals surface area contributed by atoms with E-state index in [2.05, 4.69) is 5.32 Å². The molecule has 1 amide bonds. The third kappa shape index (κ3) is 5.43. The van der Waals surface area contributed by atoms with Gasteiger partial charge in [-0.05, 0) is 73.9 Å². The second-order valence-corrected chi connectivity index (χ2v) is 10.2. The Morgan fingerprint density at radius 3 is 2.39 bits per heavy atom. The first-order chi connectivity index (χ1) is 15.5. The highest BCUT2D eigenvalue weighted by molar-refractivity contribution is 7.93. The molecular formula is C24H24Cl2N2O4S. The summed E-state index contributed by atoms with van der Waals surface area (Å²) in [5, 5.41) is 3.24. The topological polar surface area (TPSA) is 75.7 Å². The van der Waals surface area contributed by atoms with Crippen molar-refractivity contribution in [1.29, 1.82) is 0 Å². The van der Waals surface area contributed by atoms with E-state index in [4.69, 9.17) is 27.9 Å². The molecule has 9 heteroatoms. The maximum atomic E-state index is 13.8. The van der Waals surface area contributed by atoms with Crippen LogP contribution in [0.5, 0.6) is 5.75 Å². The monoisotopic (exact) mass is 506 g/mol. The minimum Gasteiger partial charge on any atom is -0.495 e. The predicted octanol–water partition coefficient (Wildman–Crippen LogP) is 5.76. The number of ether oxygens (including phenoxy) is 1. The molecule has 0 saturated carbocycles. The largest absolute Gasteiger partial charge is 0.495 e. The lowest BCUT2D eigenvalue weighted by atomic mass is 10.1. The smallest absolute Gasteiger partial charge is 0.268 e. The lowest BCUT2D eigenvalue weighted by Gasteiger charge is -2.25. The van der Waals surface area contributed by atoms with Crippen LogP contribution >= 0.6 is 23.2 Å². The molecule has 0 fully saturated rings. The fraction of sp³-hybridized carbons (Fsp3) is 0.208. The zero-order valence-corrected chi connectivity index (χ0v) is 21.0. The van der Waals surface area contributed by atoms with Crippen molar-refractivity contribution < 1.29 is 17.9 Å². The van der Waals surface area contributed by atoms with Gasteiger partial charge in [-0.2, -0.15) is 0 Å². The number of benzene rings is 3. The fourth-order valence-electron chi connectivity index (χ4n) is 3.27. The van der Waals surface area contributed by atoms with Gasteiger partial charge in [-0.15, -0.1) is 0 Å². The highest BCUT2D eigenvalue weighted by atomic mass is 35.5. The Hall–Kier alpha value is -2.74. The number of hydrogen-bond donors (Lipinski definition) is 1. The number of nitrogens with one attached hydrogen (secondary N) is 1. The Kier molecular flexibility index (Phi) is 7.57. The first-order valence-corrected chi connectivity index (χ1v) is 12.2. The highest BCUT2D eigenvalue weighted by Crippen LogP contribution is 2.34. The first-order valence-electron chi connectivity index (χ1n) is 10.0. The Labute approximate surface area is 204 Å². The van der Waals surface area contributed by atoms with E-state index >= 15 is 0 Å². The Morgan fingerprint density at radius 2 is 1.73 bits per heavy atom. The Bertz CT molecular complexity index is 1310. The SMILES string of the molecule is COc1ccc(C)cc1S(=O)(=O)N(CC(=O)Nc1cccc(C)c1C)c1ccc(Cl)c(Cl)c1. The summed E-state index contributed by atoms with van der Waals surface area (Å²) < 4.78 is 33.8. The Balaban J connectivity index is 2.07. The van der Waals surface area contributed by atoms with Crippen LogP contribution in [0.1, 0.15) is 16.7 Å². The number of anilines is 2. The molecule has 0 heterocycles. The van der Waals surface area contributed by atoms with Gasteiger partial charge in [-0.3, -0.25) is 9.10 Å². The van der Waals surface area contributed by atoms with Gasteiger partial charge in [0.1, 0.15) is 17.2 Å². The fourth-order valence-corrected chi connectivity index (χ4v) is 5.21. The minimum absolute atomic E-state index is 0.0596. The molecule has 0 unspecified atom stereocenters. The van der Waals surface area contributed by atoms with Gasteiger partial charge < -0.3 is 10.1 Å². The lowest BCUT2D eigenvalue weighted by molar-refractivity contribution is -0.114. The van der Waals surface area contributed by atoms with Gasteiger partial charge in [0, 0.05) is 5.69 Å². The number of methoxy groups -OCH3 is 1. The molecule has 0 aliphatic carbocycles. The first kappa shape index (κ1) is 24.9. The average molecular weight is 507 g/mol. The van der Waals surface area contributed by atoms with Gasteiger partial charge in [0.25, 0.3) is 10.0 Å². The van der Waals surface area contributed by atoms with Crippen LogP contribution in [0.3, 0.4) is 0 Å². The maximum absolute atomic E-state index is 13.8. The van der Waals surface area contributed by atoms with Gasteiger partial charge in [0.05, 0.1) is 22.8 Å². The number of amides is 1. The second kappa shape index (κ2) is 10.0. The molecular weight excluding hydrogens is 483 g/mol. The summed E-state index contributed by atoms with van der Waals surface area (Å²) >= 11 is 12.2. The molecule has 3 aromatic carbocycles. The third-order valence-electron chi connectivity index (χ3n) is 5.24. The van der Waals surface area contributed by atoms with Crippen molar-refractivity contribution in [2.45, 2.75) is 25.7 Å². The van der Waals surface area contributed by atoms with Crippen LogP contribution in [0.15, 0.2) is 59.5 Å². The van der Waals surface area contributed by atoms with Crippen LogP contribution in [-0.2, 0) is 14.8 Å². The predicted molar refractivity (Wildman–Crippen MR) is 133 cm³/mol. The number of sulfonamides is 1. The number of aryl methyl sites for hydroxylation is 2. The molecule has 33 heavy (non-hydrogen) atoms. The standard InChI is InChI=1S/C24H24Cl2N2O4S/c1-15-8-11-22(32-4)23(12-15)33(30,31)28(18-9-10-19(25)20(26)13-18)14-24(29)27-21-7-5-6-16(2)17(21)3/h5-13H,14H2,1-4H3,(H,27,29). The summed E-state index contributed by atoms with van der Waals surface area (Å²) in [4.78, 5) is 12.9. The van der Waals surface area contributed by atoms with Gasteiger partial charge in [-0.1, -0.05) is 41.4 Å². The van der Waals surface area contributed by atoms with Crippen molar-refractivity contribution in [2.24, 2.45) is 0 Å². The molecule has 174 valence electrons. The van der Waals surface area contributed by atoms with E-state index in [9.17, 15) is 13.2 Å². The molecule has 3 aromatic rings. The van der Waals surface area contributed by atoms with Crippen molar-refractivity contribution in [2.75, 3.05) is 23.3 Å². The van der Waals surface area contributed by atoms with Gasteiger partial charge in [0.2, 0.25) is 5.91 Å². The van der Waals surface area contributed by atoms with Crippen LogP contribution in [-0.4, -0.2) is 28.0 Å². The van der Waals surface area contributed by atoms with Gasteiger partial charge in [0.15, 0.2) is 0 Å². The van der Waals surface area contributed by atoms with E-state index in [1.165, 1.54) is 31.4 Å². The average Bonchev–Trinajstić information content (AvgIpc) is 2.77. The summed E-state index contributed by atoms with van der Waals surface area (Å²) in [6.07, 6.45) is 0. The Morgan fingerprint density at radius 1 is 1.00 bits per heavy atom.